The van der Waals surface area contributed by atoms with E-state index in [1.165, 1.54) is 40.7 Å². The van der Waals surface area contributed by atoms with E-state index >= 15 is 0 Å². The minimum Gasteiger partial charge on any atom is -0.461 e. The van der Waals surface area contributed by atoms with Crippen molar-refractivity contribution < 1.29 is 18.7 Å². The van der Waals surface area contributed by atoms with Gasteiger partial charge in [-0.1, -0.05) is 81.5 Å². The standard InChI is InChI=1S/C39H44N2O2/c1-26(2)41-24-21-34-33-16-14-28-25-29(39(3,4)5)15-17-30(28)32(33)18-19-35(34)37(41)31-12-8-7-11-27(31)20-23-40-22-10-9-13-36(40)38(42)43-6/h7-19,21-22,24-26,28,30,34-35H,20,23H2,1-6H3/q+2. The van der Waals surface area contributed by atoms with Gasteiger partial charge in [0.25, 0.3) is 5.69 Å². The first-order chi connectivity index (χ1) is 20.7. The number of aryl methyl sites for hydroxylation is 2. The largest absolute Gasteiger partial charge is 0.461 e. The van der Waals surface area contributed by atoms with Gasteiger partial charge in [0.05, 0.1) is 13.0 Å². The van der Waals surface area contributed by atoms with Crippen LogP contribution < -0.4 is 4.57 Å². The monoisotopic (exact) mass is 572 g/mol. The number of esters is 1. The Morgan fingerprint density at radius 3 is 2.37 bits per heavy atom. The highest BCUT2D eigenvalue weighted by atomic mass is 16.5. The molecule has 2 heterocycles. The molecule has 6 rings (SSSR count). The summed E-state index contributed by atoms with van der Waals surface area (Å²) in [5.74, 6) is 1.03. The normalized spacial score (nSPS) is 24.1. The molecule has 1 aromatic carbocycles. The van der Waals surface area contributed by atoms with Gasteiger partial charge >= 0.3 is 5.97 Å². The zero-order valence-corrected chi connectivity index (χ0v) is 26.3. The van der Waals surface area contributed by atoms with Gasteiger partial charge in [-0.3, -0.25) is 0 Å². The van der Waals surface area contributed by atoms with E-state index in [9.17, 15) is 4.79 Å². The van der Waals surface area contributed by atoms with Crippen LogP contribution in [0.1, 0.15) is 56.2 Å². The predicted molar refractivity (Wildman–Crippen MR) is 173 cm³/mol. The van der Waals surface area contributed by atoms with Gasteiger partial charge in [0.15, 0.2) is 30.7 Å². The lowest BCUT2D eigenvalue weighted by atomic mass is 9.65. The number of pyridine rings is 1. The van der Waals surface area contributed by atoms with Crippen LogP contribution in [0.2, 0.25) is 0 Å². The van der Waals surface area contributed by atoms with Crippen molar-refractivity contribution >= 4 is 11.7 Å². The first kappa shape index (κ1) is 29.0. The number of fused-ring (bicyclic) bond motifs is 4. The van der Waals surface area contributed by atoms with E-state index in [1.807, 2.05) is 29.0 Å². The van der Waals surface area contributed by atoms with Crippen LogP contribution in [-0.4, -0.2) is 29.4 Å². The Morgan fingerprint density at radius 1 is 0.884 bits per heavy atom. The van der Waals surface area contributed by atoms with E-state index in [2.05, 4.69) is 118 Å². The molecule has 4 nitrogen and oxygen atoms in total. The van der Waals surface area contributed by atoms with E-state index in [0.717, 1.165) is 6.42 Å². The van der Waals surface area contributed by atoms with Crippen molar-refractivity contribution in [3.63, 3.8) is 0 Å². The van der Waals surface area contributed by atoms with Gasteiger partial charge in [-0.25, -0.2) is 4.79 Å². The fraction of sp³-hybridized carbons (Fsp3) is 0.359. The molecule has 0 saturated carbocycles. The Labute approximate surface area is 256 Å². The topological polar surface area (TPSA) is 33.2 Å². The highest BCUT2D eigenvalue weighted by Crippen LogP contribution is 2.46. The van der Waals surface area contributed by atoms with Crippen LogP contribution in [0, 0.1) is 29.1 Å². The summed E-state index contributed by atoms with van der Waals surface area (Å²) in [6.45, 7) is 12.1. The van der Waals surface area contributed by atoms with Crippen LogP contribution in [0.5, 0.6) is 0 Å². The third-order valence-corrected chi connectivity index (χ3v) is 9.41. The molecule has 4 unspecified atom stereocenters. The molecule has 1 aliphatic heterocycles. The van der Waals surface area contributed by atoms with Crippen LogP contribution in [-0.2, 0) is 17.7 Å². The molecule has 3 aliphatic carbocycles. The Bertz CT molecular complexity index is 1650. The number of nitrogens with zero attached hydrogens (tertiary/aromatic N) is 2. The van der Waals surface area contributed by atoms with Crippen LogP contribution in [0.3, 0.4) is 0 Å². The van der Waals surface area contributed by atoms with E-state index in [0.29, 0.717) is 36.0 Å². The number of aromatic nitrogens is 1. The number of hydrogen-bond acceptors (Lipinski definition) is 2. The van der Waals surface area contributed by atoms with E-state index in [4.69, 9.17) is 4.74 Å². The number of methoxy groups -OCH3 is 1. The second kappa shape index (κ2) is 11.6. The van der Waals surface area contributed by atoms with Crippen LogP contribution in [0.4, 0.5) is 0 Å². The summed E-state index contributed by atoms with van der Waals surface area (Å²) in [4.78, 5) is 12.4. The van der Waals surface area contributed by atoms with Gasteiger partial charge in [-0.2, -0.15) is 9.14 Å². The van der Waals surface area contributed by atoms with Crippen molar-refractivity contribution in [2.75, 3.05) is 7.11 Å². The summed E-state index contributed by atoms with van der Waals surface area (Å²) in [6.07, 6.45) is 24.5. The molecule has 43 heavy (non-hydrogen) atoms. The van der Waals surface area contributed by atoms with E-state index in [1.54, 1.807) is 0 Å². The van der Waals surface area contributed by atoms with Crippen molar-refractivity contribution in [3.8, 4) is 0 Å². The lowest BCUT2D eigenvalue weighted by Gasteiger charge is -2.38. The fourth-order valence-corrected chi connectivity index (χ4v) is 7.10. The molecule has 0 N–H and O–H groups in total. The zero-order valence-electron chi connectivity index (χ0n) is 26.3. The van der Waals surface area contributed by atoms with Crippen LogP contribution in [0.15, 0.2) is 120 Å². The maximum absolute atomic E-state index is 12.4. The van der Waals surface area contributed by atoms with Crippen molar-refractivity contribution in [3.05, 3.63) is 137 Å². The molecule has 4 heteroatoms. The van der Waals surface area contributed by atoms with Crippen molar-refractivity contribution in [2.45, 2.75) is 53.6 Å². The fourth-order valence-electron chi connectivity index (χ4n) is 7.10. The second-order valence-electron chi connectivity index (χ2n) is 13.4. The molecule has 0 spiro atoms. The summed E-state index contributed by atoms with van der Waals surface area (Å²) >= 11 is 0. The molecule has 1 aromatic heterocycles. The number of carbonyl (C=O) groups excluding carboxylic acids is 1. The van der Waals surface area contributed by atoms with Gasteiger partial charge in [0.1, 0.15) is 0 Å². The molecular weight excluding hydrogens is 528 g/mol. The zero-order chi connectivity index (χ0) is 30.3. The Kier molecular flexibility index (Phi) is 7.81. The van der Waals surface area contributed by atoms with Crippen molar-refractivity contribution in [2.24, 2.45) is 29.1 Å². The summed E-state index contributed by atoms with van der Waals surface area (Å²) in [5.41, 5.74) is 8.98. The Hall–Kier alpha value is -4.05. The number of allylic oxidation sites excluding steroid dienone is 11. The van der Waals surface area contributed by atoms with E-state index in [-0.39, 0.29) is 17.3 Å². The summed E-state index contributed by atoms with van der Waals surface area (Å²) in [7, 11) is 1.43. The maximum atomic E-state index is 12.4. The Morgan fingerprint density at radius 2 is 1.60 bits per heavy atom. The highest BCUT2D eigenvalue weighted by molar-refractivity contribution is 6.02. The number of benzene rings is 1. The molecule has 0 saturated heterocycles. The molecule has 4 aliphatic rings. The SMILES string of the molecule is COC(=O)c1cccc[n+]1CCc1ccccc1C1=[N+](C(C)C)C=CC2C3=C(C=CC12)C1C=CC(C(C)(C)C)=CC1C=C3. The maximum Gasteiger partial charge on any atom is 0.403 e. The quantitative estimate of drug-likeness (QED) is 0.271. The first-order valence-corrected chi connectivity index (χ1v) is 15.7. The minimum atomic E-state index is -0.313. The lowest BCUT2D eigenvalue weighted by molar-refractivity contribution is -0.698. The van der Waals surface area contributed by atoms with Gasteiger partial charge in [-0.05, 0) is 59.8 Å². The average molecular weight is 573 g/mol. The number of ether oxygens (including phenoxy) is 1. The number of carbonyl (C=O) groups is 1. The predicted octanol–water partition coefficient (Wildman–Crippen LogP) is 7.18. The molecule has 0 radical (unpaired) electrons. The molecule has 4 atom stereocenters. The number of hydrogen-bond donors (Lipinski definition) is 0. The van der Waals surface area contributed by atoms with Crippen molar-refractivity contribution in [1.29, 1.82) is 0 Å². The molecule has 0 fully saturated rings. The molecule has 220 valence electrons. The van der Waals surface area contributed by atoms with Gasteiger partial charge in [-0.15, -0.1) is 0 Å². The summed E-state index contributed by atoms with van der Waals surface area (Å²) < 4.78 is 9.49. The third kappa shape index (κ3) is 5.44. The third-order valence-electron chi connectivity index (χ3n) is 9.41. The highest BCUT2D eigenvalue weighted by Gasteiger charge is 2.42. The van der Waals surface area contributed by atoms with Gasteiger partial charge < -0.3 is 4.74 Å². The van der Waals surface area contributed by atoms with Gasteiger partial charge in [0, 0.05) is 41.9 Å². The average Bonchev–Trinajstić information content (AvgIpc) is 3.02. The number of rotatable bonds is 6. The van der Waals surface area contributed by atoms with E-state index < -0.39 is 0 Å². The second-order valence-corrected chi connectivity index (χ2v) is 13.4. The van der Waals surface area contributed by atoms with Crippen LogP contribution in [0.25, 0.3) is 0 Å². The van der Waals surface area contributed by atoms with Crippen molar-refractivity contribution in [1.82, 2.24) is 0 Å². The molecular formula is C39H44N2O2+2. The van der Waals surface area contributed by atoms with Gasteiger partial charge in [0.2, 0.25) is 0 Å². The minimum absolute atomic E-state index is 0.154. The summed E-state index contributed by atoms with van der Waals surface area (Å²) in [5, 5.41) is 0. The lowest BCUT2D eigenvalue weighted by Crippen LogP contribution is -2.42. The Balaban J connectivity index is 1.34. The van der Waals surface area contributed by atoms with Crippen LogP contribution >= 0.6 is 0 Å². The molecule has 0 bridgehead atoms. The molecule has 0 amide bonds. The summed E-state index contributed by atoms with van der Waals surface area (Å²) in [6, 6.07) is 14.8. The molecule has 2 aromatic rings. The first-order valence-electron chi connectivity index (χ1n) is 15.7. The smallest absolute Gasteiger partial charge is 0.403 e.